The molecule has 1 N–H and O–H groups in total. The standard InChI is InChI=1S/C8H18N2/c1-4-8-6-10(3)7(2)5-9-8/h7-9H,4-6H2,1-3H3/t7-,8-/m1/s1. The van der Waals surface area contributed by atoms with E-state index in [4.69, 9.17) is 0 Å². The summed E-state index contributed by atoms with van der Waals surface area (Å²) in [5.41, 5.74) is 0. The molecule has 1 heterocycles. The first kappa shape index (κ1) is 8.02. The van der Waals surface area contributed by atoms with Gasteiger partial charge in [0.1, 0.15) is 0 Å². The van der Waals surface area contributed by atoms with Crippen molar-refractivity contribution in [3.05, 3.63) is 0 Å². The largest absolute Gasteiger partial charge is 0.311 e. The normalized spacial score (nSPS) is 36.3. The molecule has 0 aromatic carbocycles. The fourth-order valence-electron chi connectivity index (χ4n) is 1.36. The van der Waals surface area contributed by atoms with Crippen LogP contribution in [-0.4, -0.2) is 37.1 Å². The Morgan fingerprint density at radius 3 is 2.80 bits per heavy atom. The van der Waals surface area contributed by atoms with Crippen LogP contribution >= 0.6 is 0 Å². The summed E-state index contributed by atoms with van der Waals surface area (Å²) in [6, 6.07) is 1.43. The minimum absolute atomic E-state index is 0.711. The highest BCUT2D eigenvalue weighted by Crippen LogP contribution is 2.04. The van der Waals surface area contributed by atoms with Gasteiger partial charge in [0, 0.05) is 25.2 Å². The molecule has 1 fully saturated rings. The van der Waals surface area contributed by atoms with Gasteiger partial charge in [-0.2, -0.15) is 0 Å². The van der Waals surface area contributed by atoms with Crippen molar-refractivity contribution < 1.29 is 0 Å². The monoisotopic (exact) mass is 142 g/mol. The van der Waals surface area contributed by atoms with E-state index in [-0.39, 0.29) is 0 Å². The van der Waals surface area contributed by atoms with Crippen molar-refractivity contribution in [2.75, 3.05) is 20.1 Å². The maximum absolute atomic E-state index is 3.51. The molecular weight excluding hydrogens is 124 g/mol. The minimum atomic E-state index is 0.711. The van der Waals surface area contributed by atoms with Gasteiger partial charge in [-0.3, -0.25) is 0 Å². The average molecular weight is 142 g/mol. The number of rotatable bonds is 1. The number of piperazine rings is 1. The maximum Gasteiger partial charge on any atom is 0.0193 e. The zero-order valence-electron chi connectivity index (χ0n) is 7.22. The number of likely N-dealkylation sites (N-methyl/N-ethyl adjacent to an activating group) is 1. The molecule has 0 spiro atoms. The van der Waals surface area contributed by atoms with E-state index in [0.29, 0.717) is 6.04 Å². The van der Waals surface area contributed by atoms with E-state index in [2.05, 4.69) is 31.1 Å². The Bertz CT molecular complexity index is 103. The van der Waals surface area contributed by atoms with Crippen LogP contribution in [0.5, 0.6) is 0 Å². The van der Waals surface area contributed by atoms with Gasteiger partial charge < -0.3 is 10.2 Å². The zero-order valence-corrected chi connectivity index (χ0v) is 7.22. The first-order valence-electron chi connectivity index (χ1n) is 4.17. The van der Waals surface area contributed by atoms with Crippen LogP contribution in [0.1, 0.15) is 20.3 Å². The van der Waals surface area contributed by atoms with Crippen LogP contribution in [0.2, 0.25) is 0 Å². The molecule has 1 aliphatic rings. The second-order valence-electron chi connectivity index (χ2n) is 3.30. The van der Waals surface area contributed by atoms with Crippen LogP contribution in [0.4, 0.5) is 0 Å². The van der Waals surface area contributed by atoms with E-state index in [9.17, 15) is 0 Å². The second-order valence-corrected chi connectivity index (χ2v) is 3.30. The molecule has 1 rings (SSSR count). The molecule has 0 saturated carbocycles. The van der Waals surface area contributed by atoms with Gasteiger partial charge in [-0.15, -0.1) is 0 Å². The third-order valence-corrected chi connectivity index (χ3v) is 2.46. The number of hydrogen-bond donors (Lipinski definition) is 1. The molecule has 10 heavy (non-hydrogen) atoms. The van der Waals surface area contributed by atoms with E-state index in [1.54, 1.807) is 0 Å². The smallest absolute Gasteiger partial charge is 0.0193 e. The Morgan fingerprint density at radius 1 is 1.60 bits per heavy atom. The Morgan fingerprint density at radius 2 is 2.30 bits per heavy atom. The molecular formula is C8H18N2. The molecule has 0 unspecified atom stereocenters. The highest BCUT2D eigenvalue weighted by molar-refractivity contribution is 4.80. The molecule has 2 atom stereocenters. The Balaban J connectivity index is 2.33. The maximum atomic E-state index is 3.51. The van der Waals surface area contributed by atoms with Crippen molar-refractivity contribution in [2.45, 2.75) is 32.4 Å². The summed E-state index contributed by atoms with van der Waals surface area (Å²) in [6.07, 6.45) is 1.25. The summed E-state index contributed by atoms with van der Waals surface area (Å²) >= 11 is 0. The highest BCUT2D eigenvalue weighted by atomic mass is 15.2. The predicted molar refractivity (Wildman–Crippen MR) is 44.2 cm³/mol. The molecule has 0 aliphatic carbocycles. The molecule has 2 heteroatoms. The van der Waals surface area contributed by atoms with Crippen molar-refractivity contribution in [3.63, 3.8) is 0 Å². The van der Waals surface area contributed by atoms with Gasteiger partial charge in [0.2, 0.25) is 0 Å². The van der Waals surface area contributed by atoms with E-state index < -0.39 is 0 Å². The summed E-state index contributed by atoms with van der Waals surface area (Å²) in [7, 11) is 2.20. The fraction of sp³-hybridized carbons (Fsp3) is 1.00. The van der Waals surface area contributed by atoms with E-state index in [1.165, 1.54) is 13.0 Å². The number of nitrogens with one attached hydrogen (secondary N) is 1. The number of nitrogens with zero attached hydrogens (tertiary/aromatic N) is 1. The van der Waals surface area contributed by atoms with Gasteiger partial charge in [-0.1, -0.05) is 6.92 Å². The Hall–Kier alpha value is -0.0800. The van der Waals surface area contributed by atoms with Crippen molar-refractivity contribution in [3.8, 4) is 0 Å². The fourth-order valence-corrected chi connectivity index (χ4v) is 1.36. The van der Waals surface area contributed by atoms with E-state index in [1.807, 2.05) is 0 Å². The first-order chi connectivity index (χ1) is 4.74. The molecule has 0 radical (unpaired) electrons. The third kappa shape index (κ3) is 1.70. The minimum Gasteiger partial charge on any atom is -0.311 e. The predicted octanol–water partition coefficient (Wildman–Crippen LogP) is 0.689. The zero-order chi connectivity index (χ0) is 7.56. The van der Waals surface area contributed by atoms with Crippen molar-refractivity contribution in [1.82, 2.24) is 10.2 Å². The molecule has 0 amide bonds. The van der Waals surface area contributed by atoms with Gasteiger partial charge in [-0.05, 0) is 20.4 Å². The van der Waals surface area contributed by atoms with Crippen molar-refractivity contribution in [1.29, 1.82) is 0 Å². The lowest BCUT2D eigenvalue weighted by Gasteiger charge is -2.35. The van der Waals surface area contributed by atoms with Crippen LogP contribution in [-0.2, 0) is 0 Å². The highest BCUT2D eigenvalue weighted by Gasteiger charge is 2.19. The van der Waals surface area contributed by atoms with Crippen LogP contribution in [0, 0.1) is 0 Å². The van der Waals surface area contributed by atoms with Crippen LogP contribution in [0.3, 0.4) is 0 Å². The third-order valence-electron chi connectivity index (χ3n) is 2.46. The summed E-state index contributed by atoms with van der Waals surface area (Å²) in [4.78, 5) is 2.42. The molecule has 1 saturated heterocycles. The van der Waals surface area contributed by atoms with Gasteiger partial charge in [-0.25, -0.2) is 0 Å². The van der Waals surface area contributed by atoms with Gasteiger partial charge in [0.25, 0.3) is 0 Å². The topological polar surface area (TPSA) is 15.3 Å². The molecule has 0 aromatic rings. The Labute approximate surface area is 63.6 Å². The first-order valence-corrected chi connectivity index (χ1v) is 4.17. The summed E-state index contributed by atoms with van der Waals surface area (Å²) in [5.74, 6) is 0. The molecule has 1 aliphatic heterocycles. The van der Waals surface area contributed by atoms with Gasteiger partial charge in [0.05, 0.1) is 0 Å². The second kappa shape index (κ2) is 3.35. The lowest BCUT2D eigenvalue weighted by Crippen LogP contribution is -2.53. The SMILES string of the molecule is CC[C@@H]1CN(C)[C@H](C)CN1. The van der Waals surface area contributed by atoms with Crippen molar-refractivity contribution >= 4 is 0 Å². The quantitative estimate of drug-likeness (QED) is 0.579. The summed E-state index contributed by atoms with van der Waals surface area (Å²) < 4.78 is 0. The van der Waals surface area contributed by atoms with E-state index in [0.717, 1.165) is 12.6 Å². The lowest BCUT2D eigenvalue weighted by atomic mass is 10.1. The van der Waals surface area contributed by atoms with E-state index >= 15 is 0 Å². The van der Waals surface area contributed by atoms with Crippen LogP contribution in [0.15, 0.2) is 0 Å². The lowest BCUT2D eigenvalue weighted by molar-refractivity contribution is 0.173. The molecule has 0 aromatic heterocycles. The van der Waals surface area contributed by atoms with Crippen LogP contribution < -0.4 is 5.32 Å². The average Bonchev–Trinajstić information content (AvgIpc) is 1.95. The van der Waals surface area contributed by atoms with Crippen LogP contribution in [0.25, 0.3) is 0 Å². The summed E-state index contributed by atoms with van der Waals surface area (Å²) in [6.45, 7) is 6.85. The van der Waals surface area contributed by atoms with Crippen molar-refractivity contribution in [2.24, 2.45) is 0 Å². The number of hydrogen-bond acceptors (Lipinski definition) is 2. The van der Waals surface area contributed by atoms with Gasteiger partial charge >= 0.3 is 0 Å². The molecule has 60 valence electrons. The summed E-state index contributed by atoms with van der Waals surface area (Å²) in [5, 5.41) is 3.51. The molecule has 0 bridgehead atoms. The van der Waals surface area contributed by atoms with Gasteiger partial charge in [0.15, 0.2) is 0 Å². The Kier molecular flexibility index (Phi) is 2.69. The molecule has 2 nitrogen and oxygen atoms in total.